The maximum atomic E-state index is 11.6. The molecule has 1 atom stereocenters. The first-order valence-corrected chi connectivity index (χ1v) is 6.82. The van der Waals surface area contributed by atoms with E-state index in [1.54, 1.807) is 7.11 Å². The number of unbranched alkanes of at least 4 members (excludes halogenated alkanes) is 1. The molecule has 0 heterocycles. The second-order valence-electron chi connectivity index (χ2n) is 4.55. The van der Waals surface area contributed by atoms with Gasteiger partial charge in [0.25, 0.3) is 0 Å². The van der Waals surface area contributed by atoms with E-state index in [4.69, 9.17) is 4.74 Å². The molecule has 0 aromatic heterocycles. The van der Waals surface area contributed by atoms with Gasteiger partial charge in [0.1, 0.15) is 5.75 Å². The molecule has 0 saturated heterocycles. The highest BCUT2D eigenvalue weighted by molar-refractivity contribution is 5.78. The van der Waals surface area contributed by atoms with Crippen LogP contribution in [0.2, 0.25) is 0 Å². The lowest BCUT2D eigenvalue weighted by Crippen LogP contribution is -2.35. The lowest BCUT2D eigenvalue weighted by Gasteiger charge is -2.17. The van der Waals surface area contributed by atoms with Crippen LogP contribution in [0.4, 0.5) is 0 Å². The second-order valence-corrected chi connectivity index (χ2v) is 4.55. The van der Waals surface area contributed by atoms with Gasteiger partial charge < -0.3 is 15.4 Å². The number of para-hydroxylation sites is 1. The Morgan fingerprint density at radius 2 is 2.11 bits per heavy atom. The summed E-state index contributed by atoms with van der Waals surface area (Å²) >= 11 is 0. The number of carbonyl (C=O) groups is 1. The molecule has 0 aliphatic rings. The quantitative estimate of drug-likeness (QED) is 0.708. The van der Waals surface area contributed by atoms with Crippen molar-refractivity contribution in [3.63, 3.8) is 0 Å². The SMILES string of the molecule is CCCCNC(=O)CN[C@@H](C)c1ccccc1OC. The fourth-order valence-corrected chi connectivity index (χ4v) is 1.85. The fourth-order valence-electron chi connectivity index (χ4n) is 1.85. The molecule has 0 spiro atoms. The van der Waals surface area contributed by atoms with Crippen molar-refractivity contribution in [2.75, 3.05) is 20.2 Å². The van der Waals surface area contributed by atoms with Gasteiger partial charge in [-0.3, -0.25) is 4.79 Å². The van der Waals surface area contributed by atoms with Gasteiger partial charge in [-0.05, 0) is 19.4 Å². The van der Waals surface area contributed by atoms with E-state index in [9.17, 15) is 4.79 Å². The van der Waals surface area contributed by atoms with Crippen LogP contribution < -0.4 is 15.4 Å². The highest BCUT2D eigenvalue weighted by atomic mass is 16.5. The fraction of sp³-hybridized carbons (Fsp3) is 0.533. The van der Waals surface area contributed by atoms with Crippen LogP contribution in [-0.2, 0) is 4.79 Å². The zero-order valence-electron chi connectivity index (χ0n) is 12.0. The average molecular weight is 264 g/mol. The third-order valence-corrected chi connectivity index (χ3v) is 3.03. The Balaban J connectivity index is 2.42. The first kappa shape index (κ1) is 15.5. The molecule has 0 fully saturated rings. The number of nitrogens with one attached hydrogen (secondary N) is 2. The molecule has 1 rings (SSSR count). The molecule has 4 nitrogen and oxygen atoms in total. The summed E-state index contributed by atoms with van der Waals surface area (Å²) in [7, 11) is 1.66. The number of carbonyl (C=O) groups excluding carboxylic acids is 1. The predicted octanol–water partition coefficient (Wildman–Crippen LogP) is 2.26. The Labute approximate surface area is 115 Å². The molecule has 0 saturated carbocycles. The van der Waals surface area contributed by atoms with Crippen LogP contribution in [0.1, 0.15) is 38.3 Å². The number of ether oxygens (including phenoxy) is 1. The van der Waals surface area contributed by atoms with Gasteiger partial charge in [-0.2, -0.15) is 0 Å². The average Bonchev–Trinajstić information content (AvgIpc) is 2.45. The summed E-state index contributed by atoms with van der Waals surface area (Å²) in [5.74, 6) is 0.879. The molecule has 1 aromatic rings. The van der Waals surface area contributed by atoms with Gasteiger partial charge in [0.15, 0.2) is 0 Å². The van der Waals surface area contributed by atoms with Crippen LogP contribution in [-0.4, -0.2) is 26.1 Å². The number of hydrogen-bond donors (Lipinski definition) is 2. The molecule has 0 radical (unpaired) electrons. The van der Waals surface area contributed by atoms with Crippen LogP contribution in [0.25, 0.3) is 0 Å². The standard InChI is InChI=1S/C15H24N2O2/c1-4-5-10-16-15(18)11-17-12(2)13-8-6-7-9-14(13)19-3/h6-9,12,17H,4-5,10-11H2,1-3H3,(H,16,18)/t12-/m0/s1. The Kier molecular flexibility index (Phi) is 6.97. The predicted molar refractivity (Wildman–Crippen MR) is 77.3 cm³/mol. The summed E-state index contributed by atoms with van der Waals surface area (Å²) in [5.41, 5.74) is 1.06. The zero-order valence-corrected chi connectivity index (χ0v) is 12.0. The molecule has 0 bridgehead atoms. The summed E-state index contributed by atoms with van der Waals surface area (Å²) in [5, 5.41) is 6.09. The third-order valence-electron chi connectivity index (χ3n) is 3.03. The van der Waals surface area contributed by atoms with Crippen molar-refractivity contribution in [2.45, 2.75) is 32.7 Å². The largest absolute Gasteiger partial charge is 0.496 e. The molecular weight excluding hydrogens is 240 g/mol. The van der Waals surface area contributed by atoms with Crippen molar-refractivity contribution < 1.29 is 9.53 Å². The summed E-state index contributed by atoms with van der Waals surface area (Å²) in [4.78, 5) is 11.6. The summed E-state index contributed by atoms with van der Waals surface area (Å²) in [6.45, 7) is 5.20. The van der Waals surface area contributed by atoms with Gasteiger partial charge in [-0.25, -0.2) is 0 Å². The van der Waals surface area contributed by atoms with Crippen LogP contribution in [0.15, 0.2) is 24.3 Å². The minimum absolute atomic E-state index is 0.0372. The number of benzene rings is 1. The minimum atomic E-state index is 0.0372. The summed E-state index contributed by atoms with van der Waals surface area (Å²) < 4.78 is 5.31. The van der Waals surface area contributed by atoms with E-state index in [0.717, 1.165) is 30.7 Å². The van der Waals surface area contributed by atoms with E-state index < -0.39 is 0 Å². The number of hydrogen-bond acceptors (Lipinski definition) is 3. The van der Waals surface area contributed by atoms with Crippen molar-refractivity contribution in [1.29, 1.82) is 0 Å². The monoisotopic (exact) mass is 264 g/mol. The van der Waals surface area contributed by atoms with E-state index >= 15 is 0 Å². The van der Waals surface area contributed by atoms with Crippen molar-refractivity contribution in [2.24, 2.45) is 0 Å². The molecule has 19 heavy (non-hydrogen) atoms. The number of rotatable bonds is 8. The Morgan fingerprint density at radius 3 is 2.79 bits per heavy atom. The van der Waals surface area contributed by atoms with Crippen molar-refractivity contribution in [3.05, 3.63) is 29.8 Å². The maximum Gasteiger partial charge on any atom is 0.233 e. The third kappa shape index (κ3) is 5.30. The lowest BCUT2D eigenvalue weighted by molar-refractivity contribution is -0.120. The van der Waals surface area contributed by atoms with Crippen LogP contribution in [0.5, 0.6) is 5.75 Å². The van der Waals surface area contributed by atoms with E-state index in [1.165, 1.54) is 0 Å². The summed E-state index contributed by atoms with van der Waals surface area (Å²) in [6, 6.07) is 7.91. The van der Waals surface area contributed by atoms with Gasteiger partial charge >= 0.3 is 0 Å². The topological polar surface area (TPSA) is 50.4 Å². The van der Waals surface area contributed by atoms with Gasteiger partial charge in [-0.1, -0.05) is 31.5 Å². The number of methoxy groups -OCH3 is 1. The highest BCUT2D eigenvalue weighted by Crippen LogP contribution is 2.23. The van der Waals surface area contributed by atoms with Crippen molar-refractivity contribution >= 4 is 5.91 Å². The Hall–Kier alpha value is -1.55. The van der Waals surface area contributed by atoms with E-state index in [0.29, 0.717) is 6.54 Å². The van der Waals surface area contributed by atoms with E-state index in [2.05, 4.69) is 17.6 Å². The molecule has 2 N–H and O–H groups in total. The number of amides is 1. The smallest absolute Gasteiger partial charge is 0.233 e. The Morgan fingerprint density at radius 1 is 1.37 bits per heavy atom. The first-order chi connectivity index (χ1) is 9.19. The lowest BCUT2D eigenvalue weighted by atomic mass is 10.1. The second kappa shape index (κ2) is 8.53. The maximum absolute atomic E-state index is 11.6. The van der Waals surface area contributed by atoms with Gasteiger partial charge in [0.2, 0.25) is 5.91 Å². The van der Waals surface area contributed by atoms with Gasteiger partial charge in [0.05, 0.1) is 13.7 Å². The van der Waals surface area contributed by atoms with Gasteiger partial charge in [-0.15, -0.1) is 0 Å². The molecule has 4 heteroatoms. The van der Waals surface area contributed by atoms with Crippen LogP contribution in [0, 0.1) is 0 Å². The molecular formula is C15H24N2O2. The van der Waals surface area contributed by atoms with Crippen molar-refractivity contribution in [3.8, 4) is 5.75 Å². The van der Waals surface area contributed by atoms with E-state index in [-0.39, 0.29) is 11.9 Å². The molecule has 0 aliphatic carbocycles. The van der Waals surface area contributed by atoms with Crippen LogP contribution >= 0.6 is 0 Å². The zero-order chi connectivity index (χ0) is 14.1. The molecule has 1 aromatic carbocycles. The first-order valence-electron chi connectivity index (χ1n) is 6.82. The van der Waals surface area contributed by atoms with Gasteiger partial charge in [0, 0.05) is 18.2 Å². The minimum Gasteiger partial charge on any atom is -0.496 e. The molecule has 106 valence electrons. The van der Waals surface area contributed by atoms with E-state index in [1.807, 2.05) is 31.2 Å². The van der Waals surface area contributed by atoms with Crippen LogP contribution in [0.3, 0.4) is 0 Å². The summed E-state index contributed by atoms with van der Waals surface area (Å²) in [6.07, 6.45) is 2.11. The molecule has 0 aliphatic heterocycles. The Bertz CT molecular complexity index is 393. The molecule has 1 amide bonds. The normalized spacial score (nSPS) is 11.9. The molecule has 0 unspecified atom stereocenters. The van der Waals surface area contributed by atoms with Crippen molar-refractivity contribution in [1.82, 2.24) is 10.6 Å². The highest BCUT2D eigenvalue weighted by Gasteiger charge is 2.11.